The number of nitrogens with zero attached hydrogens (tertiary/aromatic N) is 1. The summed E-state index contributed by atoms with van der Waals surface area (Å²) >= 11 is 3.47. The molecule has 0 aliphatic heterocycles. The maximum Gasteiger partial charge on any atom is 0.185 e. The molecular formula is C13H18BrN3. The zero-order valence-corrected chi connectivity index (χ0v) is 11.4. The average molecular weight is 296 g/mol. The predicted molar refractivity (Wildman–Crippen MR) is 75.0 cm³/mol. The van der Waals surface area contributed by atoms with Crippen molar-refractivity contribution in [3.8, 4) is 0 Å². The molecule has 0 atom stereocenters. The quantitative estimate of drug-likeness (QED) is 0.665. The summed E-state index contributed by atoms with van der Waals surface area (Å²) in [5, 5.41) is 0. The van der Waals surface area contributed by atoms with Gasteiger partial charge in [0.15, 0.2) is 5.96 Å². The van der Waals surface area contributed by atoms with Crippen molar-refractivity contribution in [1.82, 2.24) is 0 Å². The van der Waals surface area contributed by atoms with Gasteiger partial charge in [-0.3, -0.25) is 4.99 Å². The van der Waals surface area contributed by atoms with Crippen LogP contribution in [0.1, 0.15) is 31.2 Å². The van der Waals surface area contributed by atoms with E-state index in [1.54, 1.807) is 0 Å². The Morgan fingerprint density at radius 3 is 2.29 bits per heavy atom. The van der Waals surface area contributed by atoms with Crippen LogP contribution in [0.15, 0.2) is 33.7 Å². The fourth-order valence-electron chi connectivity index (χ4n) is 2.64. The highest BCUT2D eigenvalue weighted by Gasteiger charge is 2.35. The number of halogens is 1. The second kappa shape index (κ2) is 5.08. The molecule has 0 radical (unpaired) electrons. The minimum atomic E-state index is 0.144. The summed E-state index contributed by atoms with van der Waals surface area (Å²) in [6.45, 7) is 0.705. The molecule has 4 N–H and O–H groups in total. The molecule has 1 aromatic carbocycles. The van der Waals surface area contributed by atoms with Crippen molar-refractivity contribution in [2.75, 3.05) is 6.54 Å². The fourth-order valence-corrected chi connectivity index (χ4v) is 2.90. The van der Waals surface area contributed by atoms with Crippen LogP contribution < -0.4 is 11.5 Å². The van der Waals surface area contributed by atoms with Crippen LogP contribution in [0.25, 0.3) is 0 Å². The maximum atomic E-state index is 5.45. The molecule has 0 amide bonds. The molecule has 0 aromatic heterocycles. The van der Waals surface area contributed by atoms with E-state index in [0.717, 1.165) is 4.47 Å². The Bertz CT molecular complexity index is 401. The predicted octanol–water partition coefficient (Wildman–Crippen LogP) is 2.53. The molecule has 0 heterocycles. The third-order valence-corrected chi connectivity index (χ3v) is 4.11. The highest BCUT2D eigenvalue weighted by atomic mass is 79.9. The lowest BCUT2D eigenvalue weighted by molar-refractivity contribution is 0.454. The third kappa shape index (κ3) is 2.80. The van der Waals surface area contributed by atoms with Gasteiger partial charge in [-0.1, -0.05) is 40.9 Å². The summed E-state index contributed by atoms with van der Waals surface area (Å²) in [5.41, 5.74) is 12.4. The molecule has 1 aliphatic carbocycles. The molecule has 0 spiro atoms. The number of nitrogens with two attached hydrogens (primary N) is 2. The number of aliphatic imine (C=N–C) groups is 1. The van der Waals surface area contributed by atoms with Gasteiger partial charge in [-0.05, 0) is 30.5 Å². The van der Waals surface area contributed by atoms with Crippen molar-refractivity contribution in [2.45, 2.75) is 31.1 Å². The largest absolute Gasteiger partial charge is 0.370 e. The highest BCUT2D eigenvalue weighted by Crippen LogP contribution is 2.41. The van der Waals surface area contributed by atoms with Crippen LogP contribution in [0.5, 0.6) is 0 Å². The lowest BCUT2D eigenvalue weighted by Crippen LogP contribution is -2.30. The summed E-state index contributed by atoms with van der Waals surface area (Å²) in [7, 11) is 0. The van der Waals surface area contributed by atoms with E-state index in [-0.39, 0.29) is 11.4 Å². The van der Waals surface area contributed by atoms with Crippen LogP contribution in [0.3, 0.4) is 0 Å². The van der Waals surface area contributed by atoms with Crippen LogP contribution >= 0.6 is 15.9 Å². The molecule has 1 aromatic rings. The number of benzene rings is 1. The first kappa shape index (κ1) is 12.4. The Kier molecular flexibility index (Phi) is 3.72. The number of rotatable bonds is 3. The van der Waals surface area contributed by atoms with Crippen molar-refractivity contribution in [1.29, 1.82) is 0 Å². The molecule has 4 heteroatoms. The van der Waals surface area contributed by atoms with Crippen molar-refractivity contribution < 1.29 is 0 Å². The van der Waals surface area contributed by atoms with Crippen molar-refractivity contribution >= 4 is 21.9 Å². The van der Waals surface area contributed by atoms with Gasteiger partial charge in [0.25, 0.3) is 0 Å². The Morgan fingerprint density at radius 1 is 1.18 bits per heavy atom. The van der Waals surface area contributed by atoms with E-state index in [1.165, 1.54) is 31.2 Å². The molecule has 0 bridgehead atoms. The van der Waals surface area contributed by atoms with E-state index in [9.17, 15) is 0 Å². The Morgan fingerprint density at radius 2 is 1.76 bits per heavy atom. The second-order valence-electron chi connectivity index (χ2n) is 4.74. The lowest BCUT2D eigenvalue weighted by atomic mass is 9.79. The Balaban J connectivity index is 2.27. The summed E-state index contributed by atoms with van der Waals surface area (Å²) in [6, 6.07) is 8.53. The van der Waals surface area contributed by atoms with Crippen molar-refractivity contribution in [2.24, 2.45) is 16.5 Å². The van der Waals surface area contributed by atoms with Gasteiger partial charge in [0.2, 0.25) is 0 Å². The first-order valence-corrected chi connectivity index (χ1v) is 6.73. The number of guanidine groups is 1. The first-order valence-electron chi connectivity index (χ1n) is 5.94. The first-order chi connectivity index (χ1) is 8.12. The van der Waals surface area contributed by atoms with E-state index in [1.807, 2.05) is 0 Å². The standard InChI is InChI=1S/C13H18BrN3/c14-11-5-3-10(4-6-11)13(7-1-2-8-13)9-17-12(15)16/h3-6H,1-2,7-9H2,(H4,15,16,17). The molecule has 1 saturated carbocycles. The summed E-state index contributed by atoms with van der Waals surface area (Å²) in [6.07, 6.45) is 4.86. The van der Waals surface area contributed by atoms with Crippen LogP contribution in [-0.4, -0.2) is 12.5 Å². The highest BCUT2D eigenvalue weighted by molar-refractivity contribution is 9.10. The van der Waals surface area contributed by atoms with E-state index < -0.39 is 0 Å². The third-order valence-electron chi connectivity index (χ3n) is 3.58. The van der Waals surface area contributed by atoms with E-state index >= 15 is 0 Å². The number of hydrogen-bond acceptors (Lipinski definition) is 1. The van der Waals surface area contributed by atoms with E-state index in [2.05, 4.69) is 45.2 Å². The minimum Gasteiger partial charge on any atom is -0.370 e. The molecular weight excluding hydrogens is 278 g/mol. The van der Waals surface area contributed by atoms with Gasteiger partial charge in [0.1, 0.15) is 0 Å². The van der Waals surface area contributed by atoms with Gasteiger partial charge in [0, 0.05) is 9.89 Å². The Labute approximate surface area is 110 Å². The molecule has 17 heavy (non-hydrogen) atoms. The zero-order valence-electron chi connectivity index (χ0n) is 9.82. The second-order valence-corrected chi connectivity index (χ2v) is 5.65. The van der Waals surface area contributed by atoms with Gasteiger partial charge in [0.05, 0.1) is 6.54 Å². The van der Waals surface area contributed by atoms with Crippen LogP contribution in [0.4, 0.5) is 0 Å². The Hall–Kier alpha value is -1.03. The summed E-state index contributed by atoms with van der Waals surface area (Å²) in [5.74, 6) is 0.188. The SMILES string of the molecule is NC(N)=NCC1(c2ccc(Br)cc2)CCCC1. The summed E-state index contributed by atoms with van der Waals surface area (Å²) < 4.78 is 1.11. The number of hydrogen-bond donors (Lipinski definition) is 2. The van der Waals surface area contributed by atoms with Gasteiger partial charge < -0.3 is 11.5 Å². The van der Waals surface area contributed by atoms with Crippen molar-refractivity contribution in [3.63, 3.8) is 0 Å². The molecule has 1 aliphatic rings. The molecule has 0 unspecified atom stereocenters. The van der Waals surface area contributed by atoms with Crippen molar-refractivity contribution in [3.05, 3.63) is 34.3 Å². The molecule has 3 nitrogen and oxygen atoms in total. The minimum absolute atomic E-state index is 0.144. The van der Waals surface area contributed by atoms with Gasteiger partial charge >= 0.3 is 0 Å². The van der Waals surface area contributed by atoms with Crippen LogP contribution in [0, 0.1) is 0 Å². The van der Waals surface area contributed by atoms with Gasteiger partial charge in [-0.15, -0.1) is 0 Å². The molecule has 1 fully saturated rings. The van der Waals surface area contributed by atoms with E-state index in [0.29, 0.717) is 6.54 Å². The monoisotopic (exact) mass is 295 g/mol. The zero-order chi connectivity index (χ0) is 12.3. The smallest absolute Gasteiger partial charge is 0.185 e. The van der Waals surface area contributed by atoms with E-state index in [4.69, 9.17) is 11.5 Å². The topological polar surface area (TPSA) is 64.4 Å². The van der Waals surface area contributed by atoms with Gasteiger partial charge in [-0.2, -0.15) is 0 Å². The molecule has 2 rings (SSSR count). The van der Waals surface area contributed by atoms with Gasteiger partial charge in [-0.25, -0.2) is 0 Å². The van der Waals surface area contributed by atoms with Crippen LogP contribution in [0.2, 0.25) is 0 Å². The van der Waals surface area contributed by atoms with Crippen LogP contribution in [-0.2, 0) is 5.41 Å². The molecule has 92 valence electrons. The summed E-state index contributed by atoms with van der Waals surface area (Å²) in [4.78, 5) is 4.24. The fraction of sp³-hybridized carbons (Fsp3) is 0.462. The normalized spacial score (nSPS) is 17.9. The average Bonchev–Trinajstić information content (AvgIpc) is 2.77. The maximum absolute atomic E-state index is 5.45. The lowest BCUT2D eigenvalue weighted by Gasteiger charge is -2.27. The molecule has 0 saturated heterocycles.